The number of benzene rings is 1. The Balaban J connectivity index is 3.00. The Morgan fingerprint density at radius 3 is 2.31 bits per heavy atom. The van der Waals surface area contributed by atoms with E-state index >= 15 is 0 Å². The molecule has 0 saturated heterocycles. The summed E-state index contributed by atoms with van der Waals surface area (Å²) >= 11 is 5.01. The van der Waals surface area contributed by atoms with Crippen LogP contribution in [0.1, 0.15) is 19.4 Å². The van der Waals surface area contributed by atoms with Crippen molar-refractivity contribution in [2.75, 3.05) is 0 Å². The number of hydrogen-bond donors (Lipinski definition) is 2. The normalized spacial score (nSPS) is 11.0. The molecule has 0 bridgehead atoms. The summed E-state index contributed by atoms with van der Waals surface area (Å²) in [4.78, 5) is 0.429. The predicted octanol–water partition coefficient (Wildman–Crippen LogP) is 2.27. The number of nitrogens with one attached hydrogen (secondary N) is 1. The average molecular weight is 195 g/mol. The third-order valence-corrected chi connectivity index (χ3v) is 2.77. The summed E-state index contributed by atoms with van der Waals surface area (Å²) in [6.45, 7) is 3.93. The van der Waals surface area contributed by atoms with Gasteiger partial charge in [0.25, 0.3) is 0 Å². The highest BCUT2D eigenvalue weighted by Crippen LogP contribution is 2.23. The van der Waals surface area contributed by atoms with E-state index in [0.717, 1.165) is 5.56 Å². The zero-order valence-electron chi connectivity index (χ0n) is 7.74. The van der Waals surface area contributed by atoms with Gasteiger partial charge >= 0.3 is 0 Å². The molecule has 13 heavy (non-hydrogen) atoms. The van der Waals surface area contributed by atoms with Gasteiger partial charge in [-0.25, -0.2) is 0 Å². The maximum absolute atomic E-state index is 8.74. The first kappa shape index (κ1) is 10.2. The molecule has 0 aliphatic rings. The fourth-order valence-corrected chi connectivity index (χ4v) is 1.24. The molecule has 0 aliphatic heterocycles. The van der Waals surface area contributed by atoms with Gasteiger partial charge in [-0.3, -0.25) is 10.7 Å². The van der Waals surface area contributed by atoms with E-state index < -0.39 is 0 Å². The van der Waals surface area contributed by atoms with Crippen LogP contribution in [0.25, 0.3) is 0 Å². The van der Waals surface area contributed by atoms with Crippen molar-refractivity contribution >= 4 is 17.2 Å². The SMILES string of the molecule is CC(C)(C(=S)NO)c1ccccc1. The first-order valence-electron chi connectivity index (χ1n) is 4.09. The quantitative estimate of drug-likeness (QED) is 0.561. The van der Waals surface area contributed by atoms with E-state index in [9.17, 15) is 0 Å². The lowest BCUT2D eigenvalue weighted by atomic mass is 9.85. The second-order valence-corrected chi connectivity index (χ2v) is 3.84. The van der Waals surface area contributed by atoms with Gasteiger partial charge in [-0.05, 0) is 19.4 Å². The predicted molar refractivity (Wildman–Crippen MR) is 57.0 cm³/mol. The van der Waals surface area contributed by atoms with Crippen molar-refractivity contribution in [1.29, 1.82) is 0 Å². The topological polar surface area (TPSA) is 32.3 Å². The standard InChI is InChI=1S/C10H13NOS/c1-10(2,9(13)11-12)8-6-4-3-5-7-8/h3-7,12H,1-2H3,(H,11,13). The molecule has 0 aliphatic carbocycles. The van der Waals surface area contributed by atoms with E-state index in [2.05, 4.69) is 0 Å². The molecular formula is C10H13NOS. The molecule has 70 valence electrons. The van der Waals surface area contributed by atoms with E-state index in [0.29, 0.717) is 4.99 Å². The van der Waals surface area contributed by atoms with Gasteiger partial charge in [0.05, 0.1) is 0 Å². The van der Waals surface area contributed by atoms with E-state index in [-0.39, 0.29) is 5.41 Å². The van der Waals surface area contributed by atoms with Crippen LogP contribution in [0.5, 0.6) is 0 Å². The van der Waals surface area contributed by atoms with Gasteiger partial charge in [-0.2, -0.15) is 0 Å². The van der Waals surface area contributed by atoms with Crippen molar-refractivity contribution in [2.24, 2.45) is 0 Å². The van der Waals surface area contributed by atoms with Crippen LogP contribution in [-0.4, -0.2) is 10.2 Å². The Morgan fingerprint density at radius 2 is 1.85 bits per heavy atom. The lowest BCUT2D eigenvalue weighted by Crippen LogP contribution is -2.36. The van der Waals surface area contributed by atoms with Crippen LogP contribution in [0.15, 0.2) is 30.3 Å². The van der Waals surface area contributed by atoms with Crippen LogP contribution >= 0.6 is 12.2 Å². The molecule has 0 heterocycles. The molecule has 0 amide bonds. The Hall–Kier alpha value is -0.930. The summed E-state index contributed by atoms with van der Waals surface area (Å²) in [5, 5.41) is 8.74. The summed E-state index contributed by atoms with van der Waals surface area (Å²) < 4.78 is 0. The molecule has 0 radical (unpaired) electrons. The minimum absolute atomic E-state index is 0.328. The minimum atomic E-state index is -0.328. The summed E-state index contributed by atoms with van der Waals surface area (Å²) in [5.41, 5.74) is 2.79. The number of rotatable bonds is 2. The smallest absolute Gasteiger partial charge is 0.110 e. The summed E-state index contributed by atoms with van der Waals surface area (Å²) in [5.74, 6) is 0. The average Bonchev–Trinajstić information content (AvgIpc) is 2.18. The van der Waals surface area contributed by atoms with Crippen LogP contribution in [-0.2, 0) is 5.41 Å². The van der Waals surface area contributed by atoms with E-state index in [1.165, 1.54) is 0 Å². The molecule has 0 aromatic heterocycles. The van der Waals surface area contributed by atoms with Gasteiger partial charge in [-0.1, -0.05) is 42.5 Å². The molecule has 3 heteroatoms. The molecule has 1 aromatic carbocycles. The lowest BCUT2D eigenvalue weighted by Gasteiger charge is -2.24. The highest BCUT2D eigenvalue weighted by Gasteiger charge is 2.25. The third kappa shape index (κ3) is 2.05. The Labute approximate surface area is 83.5 Å². The van der Waals surface area contributed by atoms with Crippen molar-refractivity contribution in [3.63, 3.8) is 0 Å². The lowest BCUT2D eigenvalue weighted by molar-refractivity contribution is 0.229. The molecule has 0 atom stereocenters. The van der Waals surface area contributed by atoms with Gasteiger partial charge in [0.2, 0.25) is 0 Å². The van der Waals surface area contributed by atoms with Crippen LogP contribution < -0.4 is 5.48 Å². The van der Waals surface area contributed by atoms with Gasteiger partial charge in [0.15, 0.2) is 0 Å². The zero-order chi connectivity index (χ0) is 9.90. The van der Waals surface area contributed by atoms with E-state index in [1.54, 1.807) is 0 Å². The van der Waals surface area contributed by atoms with Gasteiger partial charge in [0, 0.05) is 5.41 Å². The van der Waals surface area contributed by atoms with Crippen LogP contribution in [0, 0.1) is 0 Å². The molecule has 1 aromatic rings. The van der Waals surface area contributed by atoms with E-state index in [1.807, 2.05) is 49.7 Å². The van der Waals surface area contributed by atoms with Crippen molar-refractivity contribution in [3.05, 3.63) is 35.9 Å². The molecular weight excluding hydrogens is 182 g/mol. The first-order valence-corrected chi connectivity index (χ1v) is 4.50. The monoisotopic (exact) mass is 195 g/mol. The largest absolute Gasteiger partial charge is 0.291 e. The fraction of sp³-hybridized carbons (Fsp3) is 0.300. The highest BCUT2D eigenvalue weighted by atomic mass is 32.1. The van der Waals surface area contributed by atoms with Crippen molar-refractivity contribution in [3.8, 4) is 0 Å². The summed E-state index contributed by atoms with van der Waals surface area (Å²) in [6.07, 6.45) is 0. The van der Waals surface area contributed by atoms with E-state index in [4.69, 9.17) is 17.4 Å². The summed E-state index contributed by atoms with van der Waals surface area (Å²) in [6, 6.07) is 9.84. The molecule has 0 spiro atoms. The highest BCUT2D eigenvalue weighted by molar-refractivity contribution is 7.80. The summed E-state index contributed by atoms with van der Waals surface area (Å²) in [7, 11) is 0. The second kappa shape index (κ2) is 3.85. The molecule has 0 saturated carbocycles. The van der Waals surface area contributed by atoms with Gasteiger partial charge in [-0.15, -0.1) is 0 Å². The number of hydrogen-bond acceptors (Lipinski definition) is 2. The molecule has 0 fully saturated rings. The second-order valence-electron chi connectivity index (χ2n) is 3.43. The van der Waals surface area contributed by atoms with Gasteiger partial charge < -0.3 is 0 Å². The third-order valence-electron chi connectivity index (χ3n) is 2.16. The molecule has 2 nitrogen and oxygen atoms in total. The maximum Gasteiger partial charge on any atom is 0.110 e. The minimum Gasteiger partial charge on any atom is -0.291 e. The molecule has 0 unspecified atom stereocenters. The fourth-order valence-electron chi connectivity index (χ4n) is 1.13. The van der Waals surface area contributed by atoms with Crippen molar-refractivity contribution in [2.45, 2.75) is 19.3 Å². The van der Waals surface area contributed by atoms with Crippen molar-refractivity contribution < 1.29 is 5.21 Å². The Kier molecular flexibility index (Phi) is 3.01. The van der Waals surface area contributed by atoms with Crippen LogP contribution in [0.4, 0.5) is 0 Å². The van der Waals surface area contributed by atoms with Crippen LogP contribution in [0.2, 0.25) is 0 Å². The molecule has 2 N–H and O–H groups in total. The zero-order valence-corrected chi connectivity index (χ0v) is 8.56. The Morgan fingerprint density at radius 1 is 1.31 bits per heavy atom. The maximum atomic E-state index is 8.74. The Bertz CT molecular complexity index is 295. The first-order chi connectivity index (χ1) is 6.09. The molecule has 1 rings (SSSR count). The van der Waals surface area contributed by atoms with Gasteiger partial charge in [0.1, 0.15) is 4.99 Å². The van der Waals surface area contributed by atoms with Crippen molar-refractivity contribution in [1.82, 2.24) is 5.48 Å². The number of thiocarbonyl (C=S) groups is 1. The van der Waals surface area contributed by atoms with Crippen LogP contribution in [0.3, 0.4) is 0 Å². The number of hydroxylamine groups is 1.